The number of halogens is 3. The number of nitrogens with one attached hydrogen (secondary N) is 2. The van der Waals surface area contributed by atoms with Gasteiger partial charge in [-0.25, -0.2) is 4.98 Å². The van der Waals surface area contributed by atoms with Gasteiger partial charge in [0, 0.05) is 30.4 Å². The van der Waals surface area contributed by atoms with Crippen LogP contribution in [-0.2, 0) is 12.6 Å². The van der Waals surface area contributed by atoms with E-state index in [-0.39, 0.29) is 0 Å². The monoisotopic (exact) mass is 296 g/mol. The zero-order valence-corrected chi connectivity index (χ0v) is 11.3. The molecule has 1 saturated heterocycles. The smallest absolute Gasteiger partial charge is 0.316 e. The van der Waals surface area contributed by atoms with Crippen molar-refractivity contribution < 1.29 is 13.2 Å². The van der Waals surface area contributed by atoms with Crippen LogP contribution in [0.25, 0.3) is 11.0 Å². The van der Waals surface area contributed by atoms with Crippen LogP contribution in [0.2, 0.25) is 0 Å². The summed E-state index contributed by atoms with van der Waals surface area (Å²) in [6.07, 6.45) is -0.486. The number of nitrogens with zero attached hydrogens (tertiary/aromatic N) is 2. The van der Waals surface area contributed by atoms with Crippen molar-refractivity contribution in [3.8, 4) is 0 Å². The van der Waals surface area contributed by atoms with Gasteiger partial charge in [0.25, 0.3) is 0 Å². The van der Waals surface area contributed by atoms with Gasteiger partial charge in [-0.05, 0) is 36.7 Å². The van der Waals surface area contributed by atoms with E-state index in [9.17, 15) is 13.2 Å². The Labute approximate surface area is 119 Å². The summed E-state index contributed by atoms with van der Waals surface area (Å²) in [7, 11) is 0. The lowest BCUT2D eigenvalue weighted by atomic mass is 9.57. The van der Waals surface area contributed by atoms with E-state index < -0.39 is 11.7 Å². The van der Waals surface area contributed by atoms with E-state index in [1.54, 1.807) is 0 Å². The molecule has 7 heteroatoms. The molecular weight excluding hydrogens is 281 g/mol. The van der Waals surface area contributed by atoms with Gasteiger partial charge in [0.05, 0.1) is 5.56 Å². The minimum absolute atomic E-state index is 0.359. The average molecular weight is 296 g/mol. The van der Waals surface area contributed by atoms with Crippen molar-refractivity contribution in [3.05, 3.63) is 23.5 Å². The predicted octanol–water partition coefficient (Wildman–Crippen LogP) is 2.52. The van der Waals surface area contributed by atoms with E-state index in [1.807, 2.05) is 0 Å². The van der Waals surface area contributed by atoms with E-state index in [2.05, 4.69) is 20.5 Å². The molecule has 2 aromatic heterocycles. The Bertz CT molecular complexity index is 679. The van der Waals surface area contributed by atoms with E-state index in [1.165, 1.54) is 0 Å². The molecule has 0 unspecified atom stereocenters. The summed E-state index contributed by atoms with van der Waals surface area (Å²) in [6.45, 7) is 2.15. The number of hydrogen-bond donors (Lipinski definition) is 2. The second-order valence-corrected chi connectivity index (χ2v) is 6.38. The van der Waals surface area contributed by atoms with Gasteiger partial charge >= 0.3 is 6.18 Å². The summed E-state index contributed by atoms with van der Waals surface area (Å²) < 4.78 is 38.3. The van der Waals surface area contributed by atoms with E-state index in [0.29, 0.717) is 22.4 Å². The van der Waals surface area contributed by atoms with Crippen LogP contribution in [0.15, 0.2) is 12.3 Å². The summed E-state index contributed by atoms with van der Waals surface area (Å²) in [6, 6.07) is 1.15. The van der Waals surface area contributed by atoms with Gasteiger partial charge in [-0.3, -0.25) is 5.10 Å². The van der Waals surface area contributed by atoms with Crippen LogP contribution in [0.3, 0.4) is 0 Å². The highest BCUT2D eigenvalue weighted by molar-refractivity contribution is 5.78. The lowest BCUT2D eigenvalue weighted by Gasteiger charge is -2.54. The molecular formula is C14H15F3N4. The second-order valence-electron chi connectivity index (χ2n) is 6.38. The zero-order valence-electron chi connectivity index (χ0n) is 11.3. The number of aromatic amines is 1. The average Bonchev–Trinajstić information content (AvgIpc) is 2.72. The topological polar surface area (TPSA) is 53.6 Å². The Morgan fingerprint density at radius 1 is 1.29 bits per heavy atom. The SMILES string of the molecule is FC(F)(F)c1cnc2n[nH]c(CC3CC4(CNC4)C3)c2c1. The summed E-state index contributed by atoms with van der Waals surface area (Å²) in [5.74, 6) is 0.533. The summed E-state index contributed by atoms with van der Waals surface area (Å²) in [5.41, 5.74) is 0.884. The number of hydrogen-bond acceptors (Lipinski definition) is 3. The molecule has 2 aliphatic rings. The maximum atomic E-state index is 12.8. The molecule has 0 amide bonds. The third-order valence-corrected chi connectivity index (χ3v) is 4.75. The second kappa shape index (κ2) is 4.19. The maximum Gasteiger partial charge on any atom is 0.417 e. The van der Waals surface area contributed by atoms with Gasteiger partial charge in [-0.1, -0.05) is 0 Å². The van der Waals surface area contributed by atoms with Gasteiger partial charge < -0.3 is 5.32 Å². The molecule has 21 heavy (non-hydrogen) atoms. The fraction of sp³-hybridized carbons (Fsp3) is 0.571. The number of aromatic nitrogens is 3. The summed E-state index contributed by atoms with van der Waals surface area (Å²) in [5, 5.41) is 10.6. The van der Waals surface area contributed by atoms with Crippen LogP contribution in [0.5, 0.6) is 0 Å². The van der Waals surface area contributed by atoms with Gasteiger partial charge in [0.2, 0.25) is 0 Å². The summed E-state index contributed by atoms with van der Waals surface area (Å²) >= 11 is 0. The molecule has 1 aliphatic heterocycles. The standard InChI is InChI=1S/C14H15F3N4/c15-14(16,17)9-2-10-11(20-21-12(10)19-5-9)1-8-3-13(4-8)6-18-7-13/h2,5,8,18H,1,3-4,6-7H2,(H,19,20,21). The molecule has 1 aliphatic carbocycles. The van der Waals surface area contributed by atoms with Crippen molar-refractivity contribution in [1.29, 1.82) is 0 Å². The molecule has 4 rings (SSSR count). The van der Waals surface area contributed by atoms with Gasteiger partial charge in [-0.15, -0.1) is 0 Å². The fourth-order valence-corrected chi connectivity index (χ4v) is 3.63. The first-order valence-electron chi connectivity index (χ1n) is 7.06. The molecule has 0 radical (unpaired) electrons. The van der Waals surface area contributed by atoms with E-state index in [0.717, 1.165) is 50.3 Å². The number of alkyl halides is 3. The van der Waals surface area contributed by atoms with Crippen molar-refractivity contribution in [1.82, 2.24) is 20.5 Å². The lowest BCUT2D eigenvalue weighted by Crippen LogP contribution is -2.60. The molecule has 0 aromatic carbocycles. The van der Waals surface area contributed by atoms with Crippen LogP contribution in [0, 0.1) is 11.3 Å². The maximum absolute atomic E-state index is 12.8. The molecule has 0 atom stereocenters. The fourth-order valence-electron chi connectivity index (χ4n) is 3.63. The Hall–Kier alpha value is -1.63. The number of rotatable bonds is 2. The molecule has 2 fully saturated rings. The number of fused-ring (bicyclic) bond motifs is 1. The Balaban J connectivity index is 1.57. The van der Waals surface area contributed by atoms with Gasteiger partial charge in [0.1, 0.15) is 0 Å². The Morgan fingerprint density at radius 3 is 2.67 bits per heavy atom. The normalized spacial score (nSPS) is 21.5. The van der Waals surface area contributed by atoms with E-state index in [4.69, 9.17) is 0 Å². The molecule has 4 nitrogen and oxygen atoms in total. The molecule has 2 N–H and O–H groups in total. The quantitative estimate of drug-likeness (QED) is 0.895. The molecule has 1 spiro atoms. The van der Waals surface area contributed by atoms with Crippen LogP contribution in [0.4, 0.5) is 13.2 Å². The first-order valence-corrected chi connectivity index (χ1v) is 7.06. The molecule has 112 valence electrons. The lowest BCUT2D eigenvalue weighted by molar-refractivity contribution is -0.137. The third kappa shape index (κ3) is 2.10. The van der Waals surface area contributed by atoms with Crippen LogP contribution < -0.4 is 5.32 Å². The Kier molecular flexibility index (Phi) is 2.61. The molecule has 2 aromatic rings. The van der Waals surface area contributed by atoms with E-state index >= 15 is 0 Å². The number of H-pyrrole nitrogens is 1. The third-order valence-electron chi connectivity index (χ3n) is 4.75. The Morgan fingerprint density at radius 2 is 2.05 bits per heavy atom. The molecule has 3 heterocycles. The van der Waals surface area contributed by atoms with Crippen LogP contribution in [0.1, 0.15) is 24.1 Å². The first-order chi connectivity index (χ1) is 9.95. The first kappa shape index (κ1) is 13.1. The highest BCUT2D eigenvalue weighted by atomic mass is 19.4. The summed E-state index contributed by atoms with van der Waals surface area (Å²) in [4.78, 5) is 3.80. The van der Waals surface area contributed by atoms with Gasteiger partial charge in [-0.2, -0.15) is 18.3 Å². The van der Waals surface area contributed by atoms with Crippen molar-refractivity contribution in [2.75, 3.05) is 13.1 Å². The minimum atomic E-state index is -4.37. The largest absolute Gasteiger partial charge is 0.417 e. The van der Waals surface area contributed by atoms with Crippen molar-refractivity contribution >= 4 is 11.0 Å². The van der Waals surface area contributed by atoms with Crippen LogP contribution in [-0.4, -0.2) is 28.3 Å². The van der Waals surface area contributed by atoms with Gasteiger partial charge in [0.15, 0.2) is 5.65 Å². The molecule has 1 saturated carbocycles. The van der Waals surface area contributed by atoms with Crippen molar-refractivity contribution in [3.63, 3.8) is 0 Å². The number of pyridine rings is 1. The van der Waals surface area contributed by atoms with Crippen molar-refractivity contribution in [2.45, 2.75) is 25.4 Å². The van der Waals surface area contributed by atoms with Crippen LogP contribution >= 0.6 is 0 Å². The highest BCUT2D eigenvalue weighted by Gasteiger charge is 2.48. The minimum Gasteiger partial charge on any atom is -0.316 e. The predicted molar refractivity (Wildman–Crippen MR) is 70.6 cm³/mol. The van der Waals surface area contributed by atoms with Crippen molar-refractivity contribution in [2.24, 2.45) is 11.3 Å². The molecule has 0 bridgehead atoms. The highest BCUT2D eigenvalue weighted by Crippen LogP contribution is 2.49. The zero-order chi connectivity index (χ0) is 14.7.